The van der Waals surface area contributed by atoms with Crippen LogP contribution in [0.1, 0.15) is 24.6 Å². The largest absolute Gasteiger partial charge is 0.434 e. The molecule has 1 atom stereocenters. The molecule has 5 rings (SSSR count). The van der Waals surface area contributed by atoms with Crippen LogP contribution in [0.5, 0.6) is 0 Å². The topological polar surface area (TPSA) is 89.9 Å². The van der Waals surface area contributed by atoms with Gasteiger partial charge in [-0.3, -0.25) is 4.40 Å². The first kappa shape index (κ1) is 18.5. The fraction of sp³-hybridized carbons (Fsp3) is 0.333. The van der Waals surface area contributed by atoms with Crippen LogP contribution in [0.4, 0.5) is 19.0 Å². The van der Waals surface area contributed by atoms with Crippen LogP contribution in [0.15, 0.2) is 43.5 Å². The Kier molecular flexibility index (Phi) is 4.33. The zero-order chi connectivity index (χ0) is 20.7. The molecular weight excluding hydrogens is 399 g/mol. The molecular formula is C18H16F3N9. The van der Waals surface area contributed by atoms with Gasteiger partial charge >= 0.3 is 6.18 Å². The van der Waals surface area contributed by atoms with Crippen LogP contribution in [0.3, 0.4) is 0 Å². The molecule has 0 aromatic carbocycles. The van der Waals surface area contributed by atoms with E-state index in [1.807, 2.05) is 4.57 Å². The van der Waals surface area contributed by atoms with Gasteiger partial charge < -0.3 is 9.47 Å². The lowest BCUT2D eigenvalue weighted by Gasteiger charge is -2.33. The molecule has 0 N–H and O–H groups in total. The fourth-order valence-corrected chi connectivity index (χ4v) is 3.65. The smallest absolute Gasteiger partial charge is 0.354 e. The van der Waals surface area contributed by atoms with Crippen LogP contribution in [0.25, 0.3) is 17.2 Å². The van der Waals surface area contributed by atoms with E-state index in [0.717, 1.165) is 38.3 Å². The summed E-state index contributed by atoms with van der Waals surface area (Å²) in [5.74, 6) is 1.00. The second kappa shape index (κ2) is 7.04. The standard InChI is InChI=1S/C18H16F3N9/c19-18(20,21)14-9-30-13(6-24-16(30)7-23-14)17-22-4-3-15(27-17)28-5-1-2-12(8-28)29-10-25-26-11-29/h3-4,6-7,9-12H,1-2,5,8H2. The monoisotopic (exact) mass is 415 g/mol. The van der Waals surface area contributed by atoms with Gasteiger partial charge in [0.15, 0.2) is 17.2 Å². The van der Waals surface area contributed by atoms with Crippen LogP contribution in [0, 0.1) is 0 Å². The highest BCUT2D eigenvalue weighted by molar-refractivity contribution is 5.58. The average Bonchev–Trinajstić information content (AvgIpc) is 3.43. The summed E-state index contributed by atoms with van der Waals surface area (Å²) in [4.78, 5) is 18.6. The van der Waals surface area contributed by atoms with Crippen molar-refractivity contribution in [1.82, 2.24) is 39.1 Å². The maximum Gasteiger partial charge on any atom is 0.434 e. The average molecular weight is 415 g/mol. The quantitative estimate of drug-likeness (QED) is 0.508. The SMILES string of the molecule is FC(F)(F)c1cn2c(-c3nccc(N4CCCC(n5cnnc5)C4)n3)cnc2cn1. The van der Waals surface area contributed by atoms with Crippen molar-refractivity contribution in [2.45, 2.75) is 25.1 Å². The number of nitrogens with zero attached hydrogens (tertiary/aromatic N) is 9. The molecule has 0 amide bonds. The summed E-state index contributed by atoms with van der Waals surface area (Å²) >= 11 is 0. The van der Waals surface area contributed by atoms with E-state index in [-0.39, 0.29) is 11.7 Å². The summed E-state index contributed by atoms with van der Waals surface area (Å²) in [6.07, 6.45) is 5.88. The molecule has 4 aromatic rings. The number of rotatable bonds is 3. The lowest BCUT2D eigenvalue weighted by molar-refractivity contribution is -0.141. The van der Waals surface area contributed by atoms with Gasteiger partial charge in [0.1, 0.15) is 24.2 Å². The molecule has 0 radical (unpaired) electrons. The number of hydrogen-bond donors (Lipinski definition) is 0. The van der Waals surface area contributed by atoms with Crippen molar-refractivity contribution in [2.75, 3.05) is 18.0 Å². The third-order valence-corrected chi connectivity index (χ3v) is 5.14. The molecule has 0 bridgehead atoms. The van der Waals surface area contributed by atoms with Gasteiger partial charge in [-0.15, -0.1) is 10.2 Å². The zero-order valence-electron chi connectivity index (χ0n) is 15.6. The van der Waals surface area contributed by atoms with Crippen molar-refractivity contribution in [1.29, 1.82) is 0 Å². The minimum atomic E-state index is -4.55. The molecule has 12 heteroatoms. The van der Waals surface area contributed by atoms with Gasteiger partial charge in [-0.25, -0.2) is 19.9 Å². The van der Waals surface area contributed by atoms with Gasteiger partial charge in [-0.2, -0.15) is 13.2 Å². The molecule has 0 saturated carbocycles. The number of piperidine rings is 1. The van der Waals surface area contributed by atoms with Crippen LogP contribution >= 0.6 is 0 Å². The minimum absolute atomic E-state index is 0.225. The third kappa shape index (κ3) is 3.33. The van der Waals surface area contributed by atoms with E-state index in [0.29, 0.717) is 17.3 Å². The van der Waals surface area contributed by atoms with Gasteiger partial charge in [-0.05, 0) is 18.9 Å². The molecule has 1 aliphatic rings. The van der Waals surface area contributed by atoms with Crippen LogP contribution in [-0.4, -0.2) is 52.2 Å². The van der Waals surface area contributed by atoms with Gasteiger partial charge in [0.05, 0.1) is 18.4 Å². The second-order valence-electron chi connectivity index (χ2n) is 7.03. The van der Waals surface area contributed by atoms with E-state index in [1.165, 1.54) is 10.6 Å². The molecule has 4 aromatic heterocycles. The number of imidazole rings is 1. The molecule has 1 saturated heterocycles. The Balaban J connectivity index is 1.48. The number of anilines is 1. The molecule has 1 aliphatic heterocycles. The Morgan fingerprint density at radius 1 is 1.03 bits per heavy atom. The summed E-state index contributed by atoms with van der Waals surface area (Å²) in [7, 11) is 0. The first-order valence-corrected chi connectivity index (χ1v) is 9.32. The fourth-order valence-electron chi connectivity index (χ4n) is 3.65. The lowest BCUT2D eigenvalue weighted by Crippen LogP contribution is -2.36. The molecule has 1 fully saturated rings. The Bertz CT molecular complexity index is 1170. The predicted molar refractivity (Wildman–Crippen MR) is 99.5 cm³/mol. The van der Waals surface area contributed by atoms with E-state index in [2.05, 4.69) is 35.0 Å². The van der Waals surface area contributed by atoms with Crippen molar-refractivity contribution in [3.8, 4) is 11.5 Å². The Labute approximate surface area is 168 Å². The summed E-state index contributed by atoms with van der Waals surface area (Å²) in [5.41, 5.74) is -0.344. The van der Waals surface area contributed by atoms with Crippen molar-refractivity contribution in [3.05, 3.63) is 49.2 Å². The first-order valence-electron chi connectivity index (χ1n) is 9.32. The summed E-state index contributed by atoms with van der Waals surface area (Å²) in [6, 6.07) is 2.02. The second-order valence-corrected chi connectivity index (χ2v) is 7.03. The number of aromatic nitrogens is 8. The summed E-state index contributed by atoms with van der Waals surface area (Å²) in [6.45, 7) is 1.55. The molecule has 0 aliphatic carbocycles. The number of hydrogen-bond acceptors (Lipinski definition) is 7. The lowest BCUT2D eigenvalue weighted by atomic mass is 10.1. The van der Waals surface area contributed by atoms with Gasteiger partial charge in [0, 0.05) is 25.5 Å². The Hall–Kier alpha value is -3.57. The Morgan fingerprint density at radius 3 is 2.67 bits per heavy atom. The highest BCUT2D eigenvalue weighted by Crippen LogP contribution is 2.29. The Morgan fingerprint density at radius 2 is 1.87 bits per heavy atom. The molecule has 0 spiro atoms. The van der Waals surface area contributed by atoms with Crippen LogP contribution < -0.4 is 4.90 Å². The number of alkyl halides is 3. The maximum absolute atomic E-state index is 13.1. The van der Waals surface area contributed by atoms with Gasteiger partial charge in [0.2, 0.25) is 0 Å². The van der Waals surface area contributed by atoms with Gasteiger partial charge in [0.25, 0.3) is 0 Å². The highest BCUT2D eigenvalue weighted by atomic mass is 19.4. The normalized spacial score (nSPS) is 17.6. The third-order valence-electron chi connectivity index (χ3n) is 5.14. The van der Waals surface area contributed by atoms with E-state index in [4.69, 9.17) is 0 Å². The van der Waals surface area contributed by atoms with E-state index >= 15 is 0 Å². The van der Waals surface area contributed by atoms with E-state index in [9.17, 15) is 13.2 Å². The van der Waals surface area contributed by atoms with E-state index < -0.39 is 11.9 Å². The highest BCUT2D eigenvalue weighted by Gasteiger charge is 2.33. The number of halogens is 3. The summed E-state index contributed by atoms with van der Waals surface area (Å²) in [5, 5.41) is 7.74. The maximum atomic E-state index is 13.1. The molecule has 154 valence electrons. The minimum Gasteiger partial charge on any atom is -0.354 e. The van der Waals surface area contributed by atoms with Crippen molar-refractivity contribution < 1.29 is 13.2 Å². The molecule has 1 unspecified atom stereocenters. The van der Waals surface area contributed by atoms with Crippen molar-refractivity contribution in [3.63, 3.8) is 0 Å². The summed E-state index contributed by atoms with van der Waals surface area (Å²) < 4.78 is 42.5. The predicted octanol–water partition coefficient (Wildman–Crippen LogP) is 2.64. The number of fused-ring (bicyclic) bond motifs is 1. The van der Waals surface area contributed by atoms with Crippen molar-refractivity contribution >= 4 is 11.5 Å². The van der Waals surface area contributed by atoms with Crippen molar-refractivity contribution in [2.24, 2.45) is 0 Å². The first-order chi connectivity index (χ1) is 14.5. The van der Waals surface area contributed by atoms with E-state index in [1.54, 1.807) is 24.9 Å². The van der Waals surface area contributed by atoms with Gasteiger partial charge in [-0.1, -0.05) is 0 Å². The zero-order valence-corrected chi connectivity index (χ0v) is 15.6. The van der Waals surface area contributed by atoms with Crippen LogP contribution in [0.2, 0.25) is 0 Å². The molecule has 30 heavy (non-hydrogen) atoms. The molecule has 5 heterocycles. The van der Waals surface area contributed by atoms with Crippen LogP contribution in [-0.2, 0) is 6.18 Å². The molecule has 9 nitrogen and oxygen atoms in total.